The lowest BCUT2D eigenvalue weighted by Gasteiger charge is -2.06. The van der Waals surface area contributed by atoms with Gasteiger partial charge in [-0.15, -0.1) is 0 Å². The molecule has 0 radical (unpaired) electrons. The van der Waals surface area contributed by atoms with Crippen molar-refractivity contribution in [3.05, 3.63) is 61.9 Å². The number of aromatic nitrogens is 2. The zero-order chi connectivity index (χ0) is 17.7. The molecule has 2 aromatic rings. The van der Waals surface area contributed by atoms with Gasteiger partial charge in [0, 0.05) is 31.4 Å². The lowest BCUT2D eigenvalue weighted by atomic mass is 10.1. The molecule has 1 aromatic carbocycles. The Morgan fingerprint density at radius 3 is 2.33 bits per heavy atom. The highest BCUT2D eigenvalue weighted by Crippen LogP contribution is 2.22. The quantitative estimate of drug-likeness (QED) is 0.467. The van der Waals surface area contributed by atoms with Gasteiger partial charge in [0.1, 0.15) is 0 Å². The van der Waals surface area contributed by atoms with Crippen molar-refractivity contribution in [2.75, 3.05) is 6.54 Å². The summed E-state index contributed by atoms with van der Waals surface area (Å²) in [6.07, 6.45) is 4.19. The molecule has 126 valence electrons. The predicted octanol–water partition coefficient (Wildman–Crippen LogP) is 1.83. The van der Waals surface area contributed by atoms with Gasteiger partial charge in [-0.1, -0.05) is 0 Å². The summed E-state index contributed by atoms with van der Waals surface area (Å²) in [4.78, 5) is 32.1. The number of nitro groups is 2. The molecule has 10 heteroatoms. The fraction of sp³-hybridized carbons (Fsp3) is 0.286. The van der Waals surface area contributed by atoms with Gasteiger partial charge in [-0.2, -0.15) is 5.10 Å². The smallest absolute Gasteiger partial charge is 0.277 e. The molecule has 1 heterocycles. The van der Waals surface area contributed by atoms with E-state index in [4.69, 9.17) is 0 Å². The third kappa shape index (κ3) is 4.35. The van der Waals surface area contributed by atoms with Crippen molar-refractivity contribution in [3.8, 4) is 0 Å². The normalized spacial score (nSPS) is 10.4. The van der Waals surface area contributed by atoms with E-state index in [1.807, 2.05) is 13.1 Å². The molecular weight excluding hydrogens is 318 g/mol. The molecule has 0 saturated heterocycles. The third-order valence-electron chi connectivity index (χ3n) is 3.20. The summed E-state index contributed by atoms with van der Waals surface area (Å²) in [5.74, 6) is -0.599. The van der Waals surface area contributed by atoms with E-state index in [-0.39, 0.29) is 5.56 Å². The first-order valence-electron chi connectivity index (χ1n) is 7.08. The Morgan fingerprint density at radius 1 is 1.21 bits per heavy atom. The van der Waals surface area contributed by atoms with Crippen LogP contribution in [0, 0.1) is 27.2 Å². The highest BCUT2D eigenvalue weighted by Gasteiger charge is 2.19. The van der Waals surface area contributed by atoms with Gasteiger partial charge in [0.25, 0.3) is 17.3 Å². The Labute approximate surface area is 136 Å². The van der Waals surface area contributed by atoms with Crippen LogP contribution in [0.5, 0.6) is 0 Å². The first-order chi connectivity index (χ1) is 11.4. The largest absolute Gasteiger partial charge is 0.352 e. The minimum absolute atomic E-state index is 0.120. The lowest BCUT2D eigenvalue weighted by Crippen LogP contribution is -2.25. The first kappa shape index (κ1) is 17.1. The van der Waals surface area contributed by atoms with E-state index in [0.717, 1.165) is 23.8 Å². The Morgan fingerprint density at radius 2 is 1.83 bits per heavy atom. The molecular formula is C14H15N5O5. The summed E-state index contributed by atoms with van der Waals surface area (Å²) in [5.41, 5.74) is -0.0866. The number of nitro benzene ring substituents is 2. The van der Waals surface area contributed by atoms with Gasteiger partial charge in [-0.3, -0.25) is 29.7 Å². The van der Waals surface area contributed by atoms with E-state index in [2.05, 4.69) is 10.4 Å². The number of nitrogens with one attached hydrogen (secondary N) is 1. The molecule has 0 spiro atoms. The molecule has 0 saturated carbocycles. The van der Waals surface area contributed by atoms with Crippen LogP contribution >= 0.6 is 0 Å². The zero-order valence-corrected chi connectivity index (χ0v) is 12.8. The van der Waals surface area contributed by atoms with Crippen LogP contribution in [0.2, 0.25) is 0 Å². The number of carbonyl (C=O) groups excluding carboxylic acids is 1. The summed E-state index contributed by atoms with van der Waals surface area (Å²) in [6.45, 7) is 2.83. The Kier molecular flexibility index (Phi) is 5.20. The molecule has 0 aliphatic carbocycles. The number of carbonyl (C=O) groups is 1. The summed E-state index contributed by atoms with van der Waals surface area (Å²) < 4.78 is 1.74. The molecule has 10 nitrogen and oxygen atoms in total. The fourth-order valence-corrected chi connectivity index (χ4v) is 2.07. The minimum atomic E-state index is -0.774. The molecule has 0 aliphatic rings. The topological polar surface area (TPSA) is 133 Å². The van der Waals surface area contributed by atoms with Gasteiger partial charge in [-0.25, -0.2) is 0 Å². The Balaban J connectivity index is 1.98. The van der Waals surface area contributed by atoms with Gasteiger partial charge in [0.2, 0.25) is 0 Å². The molecule has 2 rings (SSSR count). The van der Waals surface area contributed by atoms with E-state index in [1.54, 1.807) is 10.9 Å². The molecule has 0 unspecified atom stereocenters. The van der Waals surface area contributed by atoms with Gasteiger partial charge >= 0.3 is 0 Å². The molecule has 1 amide bonds. The number of hydrogen-bond acceptors (Lipinski definition) is 6. The van der Waals surface area contributed by atoms with Crippen molar-refractivity contribution in [2.45, 2.75) is 19.9 Å². The summed E-state index contributed by atoms with van der Waals surface area (Å²) >= 11 is 0. The van der Waals surface area contributed by atoms with Gasteiger partial charge in [0.05, 0.1) is 27.7 Å². The standard InChI is InChI=1S/C14H15N5O5/c1-10-8-16-17(9-10)4-2-3-15-14(20)11-5-12(18(21)22)7-13(6-11)19(23)24/h5-9H,2-4H2,1H3,(H,15,20). The van der Waals surface area contributed by atoms with Crippen LogP contribution in [0.25, 0.3) is 0 Å². The second kappa shape index (κ2) is 7.31. The molecule has 0 atom stereocenters. The number of aryl methyl sites for hydroxylation is 2. The maximum Gasteiger partial charge on any atom is 0.277 e. The summed E-state index contributed by atoms with van der Waals surface area (Å²) in [5, 5.41) is 28.3. The number of benzene rings is 1. The highest BCUT2D eigenvalue weighted by molar-refractivity contribution is 5.95. The number of amides is 1. The number of rotatable bonds is 7. The van der Waals surface area contributed by atoms with Crippen molar-refractivity contribution < 1.29 is 14.6 Å². The third-order valence-corrected chi connectivity index (χ3v) is 3.20. The Hall–Kier alpha value is -3.30. The van der Waals surface area contributed by atoms with Crippen LogP contribution in [0.15, 0.2) is 30.6 Å². The summed E-state index contributed by atoms with van der Waals surface area (Å²) in [7, 11) is 0. The van der Waals surface area contributed by atoms with E-state index < -0.39 is 27.1 Å². The van der Waals surface area contributed by atoms with Crippen LogP contribution in [0.3, 0.4) is 0 Å². The molecule has 0 fully saturated rings. The second-order valence-electron chi connectivity index (χ2n) is 5.14. The maximum atomic E-state index is 12.0. The van der Waals surface area contributed by atoms with E-state index in [1.165, 1.54) is 0 Å². The van der Waals surface area contributed by atoms with E-state index in [0.29, 0.717) is 19.5 Å². The molecule has 0 aliphatic heterocycles. The molecule has 24 heavy (non-hydrogen) atoms. The zero-order valence-electron chi connectivity index (χ0n) is 12.8. The lowest BCUT2D eigenvalue weighted by molar-refractivity contribution is -0.394. The monoisotopic (exact) mass is 333 g/mol. The Bertz CT molecular complexity index is 753. The van der Waals surface area contributed by atoms with Crippen molar-refractivity contribution in [3.63, 3.8) is 0 Å². The van der Waals surface area contributed by atoms with Crippen molar-refractivity contribution >= 4 is 17.3 Å². The maximum absolute atomic E-state index is 12.0. The van der Waals surface area contributed by atoms with Crippen molar-refractivity contribution in [2.24, 2.45) is 0 Å². The number of hydrogen-bond donors (Lipinski definition) is 1. The van der Waals surface area contributed by atoms with Crippen LogP contribution in [0.1, 0.15) is 22.3 Å². The van der Waals surface area contributed by atoms with Crippen LogP contribution in [-0.2, 0) is 6.54 Å². The number of non-ortho nitro benzene ring substituents is 2. The van der Waals surface area contributed by atoms with E-state index >= 15 is 0 Å². The van der Waals surface area contributed by atoms with Crippen molar-refractivity contribution in [1.82, 2.24) is 15.1 Å². The molecule has 1 aromatic heterocycles. The molecule has 1 N–H and O–H groups in total. The van der Waals surface area contributed by atoms with Gasteiger partial charge in [0.15, 0.2) is 0 Å². The fourth-order valence-electron chi connectivity index (χ4n) is 2.07. The SMILES string of the molecule is Cc1cnn(CCCNC(=O)c2cc([N+](=O)[O-])cc([N+](=O)[O-])c2)c1. The number of nitrogens with zero attached hydrogens (tertiary/aromatic N) is 4. The van der Waals surface area contributed by atoms with Crippen LogP contribution in [0.4, 0.5) is 11.4 Å². The second-order valence-corrected chi connectivity index (χ2v) is 5.14. The minimum Gasteiger partial charge on any atom is -0.352 e. The van der Waals surface area contributed by atoms with Crippen molar-refractivity contribution in [1.29, 1.82) is 0 Å². The predicted molar refractivity (Wildman–Crippen MR) is 83.7 cm³/mol. The average molecular weight is 333 g/mol. The van der Waals surface area contributed by atoms with Crippen LogP contribution in [-0.4, -0.2) is 32.1 Å². The van der Waals surface area contributed by atoms with Gasteiger partial charge in [-0.05, 0) is 18.9 Å². The van der Waals surface area contributed by atoms with Gasteiger partial charge < -0.3 is 5.32 Å². The highest BCUT2D eigenvalue weighted by atomic mass is 16.6. The van der Waals surface area contributed by atoms with Crippen LogP contribution < -0.4 is 5.32 Å². The molecule has 0 bridgehead atoms. The summed E-state index contributed by atoms with van der Waals surface area (Å²) in [6, 6.07) is 2.84. The van der Waals surface area contributed by atoms with E-state index in [9.17, 15) is 25.0 Å². The first-order valence-corrected chi connectivity index (χ1v) is 7.08. The average Bonchev–Trinajstić information content (AvgIpc) is 2.96.